The predicted molar refractivity (Wildman–Crippen MR) is 250 cm³/mol. The summed E-state index contributed by atoms with van der Waals surface area (Å²) in [6.07, 6.45) is 11.5. The first kappa shape index (κ1) is 47.2. The molecule has 0 fully saturated rings. The van der Waals surface area contributed by atoms with Crippen molar-refractivity contribution in [1.82, 2.24) is 0 Å². The average molecular weight is 956 g/mol. The fourth-order valence-electron chi connectivity index (χ4n) is 10.4. The molecule has 4 aromatic carbocycles. The molecule has 1 atom stereocenters. The first-order chi connectivity index (χ1) is 26.9. The zero-order valence-electron chi connectivity index (χ0n) is 38.1. The molecule has 4 aliphatic carbocycles. The molecular weight excluding hydrogens is 894 g/mol. The Labute approximate surface area is 392 Å². The van der Waals surface area contributed by atoms with Crippen molar-refractivity contribution in [3.05, 3.63) is 161 Å². The number of allylic oxidation sites excluding steroid dienone is 8. The van der Waals surface area contributed by atoms with Crippen molar-refractivity contribution in [3.8, 4) is 11.1 Å². The van der Waals surface area contributed by atoms with E-state index >= 15 is 0 Å². The molecular formula is C55H62Cl4Zr. The molecule has 0 aliphatic heterocycles. The fraction of sp³-hybridized carbons (Fsp3) is 0.400. The van der Waals surface area contributed by atoms with Crippen LogP contribution in [0.1, 0.15) is 151 Å². The van der Waals surface area contributed by atoms with Gasteiger partial charge in [0.05, 0.1) is 0 Å². The van der Waals surface area contributed by atoms with Crippen LogP contribution in [0.4, 0.5) is 0 Å². The van der Waals surface area contributed by atoms with Crippen molar-refractivity contribution in [1.29, 1.82) is 0 Å². The molecule has 0 heterocycles. The summed E-state index contributed by atoms with van der Waals surface area (Å²) in [6.45, 7) is 33.5. The van der Waals surface area contributed by atoms with Crippen LogP contribution in [0.2, 0.25) is 10.0 Å². The summed E-state index contributed by atoms with van der Waals surface area (Å²) in [4.78, 5) is 0. The molecule has 0 amide bonds. The van der Waals surface area contributed by atoms with Crippen LogP contribution in [-0.2, 0) is 32.1 Å². The Hall–Kier alpha value is -2.25. The zero-order valence-corrected chi connectivity index (χ0v) is 43.6. The standard InChI is InChI=1S/C31H37.C13H8Cl2.C11H17.2ClH.Zr/c1-28(2,3)26-16-30(7,8)24-12-18-11-19-13-25-23(15-21(19)20(18)14-22(24)26)27(29(4,5)6)17-31(25,9)10;14-12-5-1-3-10(8-12)7-11-4-2-6-13(15)9-11;1-5-9-6-7-10(8-9)11(2,3)4;;;/h11-17H,1-10H3;1-6,8-9H;7-9H,5H2,1-4H3;2*1H;/q;;;;;+2/p-2. The summed E-state index contributed by atoms with van der Waals surface area (Å²) < 4.78 is 3.40. The van der Waals surface area contributed by atoms with Crippen LogP contribution in [0.25, 0.3) is 22.3 Å². The molecule has 0 aromatic heterocycles. The largest absolute Gasteiger partial charge is 1.00 e. The van der Waals surface area contributed by atoms with Gasteiger partial charge in [0, 0.05) is 0 Å². The SMILES string of the molecule is CCC1C=C(C(C)(C)C)C=[C]1[Zr+2](=[C](c1cccc(Cl)c1)c1cccc(Cl)c1)[CH]1c2cc3c(cc2-c2cc4c(cc21)C(C)(C)C=C4C(C)(C)C)C(C(C)(C)C)=CC3(C)C.[Cl-].[Cl-]. The molecule has 0 nitrogen and oxygen atoms in total. The second kappa shape index (κ2) is 16.1. The van der Waals surface area contributed by atoms with E-state index < -0.39 is 21.3 Å². The van der Waals surface area contributed by atoms with E-state index in [2.05, 4.69) is 182 Å². The quantitative estimate of drug-likeness (QED) is 0.187. The van der Waals surface area contributed by atoms with Gasteiger partial charge in [0.25, 0.3) is 0 Å². The predicted octanol–water partition coefficient (Wildman–Crippen LogP) is 10.3. The van der Waals surface area contributed by atoms with Gasteiger partial charge in [-0.15, -0.1) is 0 Å². The summed E-state index contributed by atoms with van der Waals surface area (Å²) in [5, 5.41) is 1.54. The summed E-state index contributed by atoms with van der Waals surface area (Å²) in [5.41, 5.74) is 18.5. The summed E-state index contributed by atoms with van der Waals surface area (Å²) >= 11 is 10.7. The average Bonchev–Trinajstić information content (AvgIpc) is 3.83. The Balaban J connectivity index is 0.00000302. The topological polar surface area (TPSA) is 0 Å². The van der Waals surface area contributed by atoms with E-state index in [4.69, 9.17) is 23.2 Å². The maximum Gasteiger partial charge on any atom is -1.00 e. The Morgan fingerprint density at radius 1 is 0.600 bits per heavy atom. The number of hydrogen-bond acceptors (Lipinski definition) is 0. The molecule has 314 valence electrons. The normalized spacial score (nSPS) is 18.4. The molecule has 0 spiro atoms. The molecule has 60 heavy (non-hydrogen) atoms. The molecule has 1 unspecified atom stereocenters. The van der Waals surface area contributed by atoms with Crippen LogP contribution in [0.3, 0.4) is 0 Å². The first-order valence-corrected chi connectivity index (χ1v) is 26.1. The molecule has 0 saturated heterocycles. The third kappa shape index (κ3) is 8.09. The molecule has 0 radical (unpaired) electrons. The van der Waals surface area contributed by atoms with Crippen LogP contribution >= 0.6 is 23.2 Å². The maximum absolute atomic E-state index is 6.97. The van der Waals surface area contributed by atoms with E-state index in [1.807, 2.05) is 12.1 Å². The third-order valence-electron chi connectivity index (χ3n) is 13.4. The minimum atomic E-state index is -3.21. The minimum absolute atomic E-state index is 0. The van der Waals surface area contributed by atoms with E-state index in [1.165, 1.54) is 75.6 Å². The Bertz CT molecular complexity index is 2420. The van der Waals surface area contributed by atoms with Gasteiger partial charge in [-0.3, -0.25) is 0 Å². The van der Waals surface area contributed by atoms with Crippen molar-refractivity contribution >= 4 is 37.6 Å². The van der Waals surface area contributed by atoms with Gasteiger partial charge in [-0.25, -0.2) is 0 Å². The molecule has 0 saturated carbocycles. The minimum Gasteiger partial charge on any atom is -1.00 e. The van der Waals surface area contributed by atoms with Gasteiger partial charge < -0.3 is 24.8 Å². The van der Waals surface area contributed by atoms with Crippen molar-refractivity contribution in [2.24, 2.45) is 22.2 Å². The number of benzene rings is 4. The number of fused-ring (bicyclic) bond motifs is 5. The van der Waals surface area contributed by atoms with Crippen LogP contribution < -0.4 is 24.8 Å². The van der Waals surface area contributed by atoms with E-state index in [1.54, 1.807) is 3.28 Å². The van der Waals surface area contributed by atoms with E-state index in [0.29, 0.717) is 5.92 Å². The first-order valence-electron chi connectivity index (χ1n) is 21.5. The number of rotatable bonds is 5. The smallest absolute Gasteiger partial charge is 1.00 e. The molecule has 0 bridgehead atoms. The van der Waals surface area contributed by atoms with Crippen LogP contribution in [0, 0.1) is 22.2 Å². The van der Waals surface area contributed by atoms with Gasteiger partial charge in [0.15, 0.2) is 0 Å². The van der Waals surface area contributed by atoms with Gasteiger partial charge >= 0.3 is 370 Å². The van der Waals surface area contributed by atoms with Gasteiger partial charge in [-0.1, -0.05) is 0 Å². The van der Waals surface area contributed by atoms with E-state index in [-0.39, 0.29) is 55.5 Å². The van der Waals surface area contributed by atoms with Crippen LogP contribution in [-0.4, -0.2) is 3.21 Å². The van der Waals surface area contributed by atoms with Crippen LogP contribution in [0.15, 0.2) is 106 Å². The maximum atomic E-state index is 6.97. The Morgan fingerprint density at radius 3 is 1.40 bits per heavy atom. The number of hydrogen-bond donors (Lipinski definition) is 0. The number of halogens is 4. The second-order valence-electron chi connectivity index (χ2n) is 21.8. The van der Waals surface area contributed by atoms with Crippen LogP contribution in [0.5, 0.6) is 0 Å². The fourth-order valence-corrected chi connectivity index (χ4v) is 20.4. The molecule has 4 aliphatic rings. The Kier molecular flexibility index (Phi) is 12.7. The van der Waals surface area contributed by atoms with Gasteiger partial charge in [0.1, 0.15) is 0 Å². The van der Waals surface area contributed by atoms with Gasteiger partial charge in [-0.05, 0) is 0 Å². The van der Waals surface area contributed by atoms with E-state index in [0.717, 1.165) is 16.5 Å². The summed E-state index contributed by atoms with van der Waals surface area (Å²) in [5.74, 6) is 0.379. The summed E-state index contributed by atoms with van der Waals surface area (Å²) in [6, 6.07) is 28.0. The monoisotopic (exact) mass is 952 g/mol. The van der Waals surface area contributed by atoms with Gasteiger partial charge in [0.2, 0.25) is 0 Å². The van der Waals surface area contributed by atoms with Gasteiger partial charge in [-0.2, -0.15) is 0 Å². The molecule has 8 rings (SSSR count). The van der Waals surface area contributed by atoms with Crippen molar-refractivity contribution in [2.75, 3.05) is 0 Å². The Morgan fingerprint density at radius 2 is 1.03 bits per heavy atom. The summed E-state index contributed by atoms with van der Waals surface area (Å²) in [7, 11) is 0. The molecule has 5 heteroatoms. The van der Waals surface area contributed by atoms with E-state index in [9.17, 15) is 0 Å². The third-order valence-corrected chi connectivity index (χ3v) is 22.3. The van der Waals surface area contributed by atoms with Crippen molar-refractivity contribution in [2.45, 2.75) is 118 Å². The molecule has 0 N–H and O–H groups in total. The second-order valence-corrected chi connectivity index (χ2v) is 28.7. The van der Waals surface area contributed by atoms with Crippen molar-refractivity contribution < 1.29 is 46.1 Å². The molecule has 4 aromatic rings. The zero-order chi connectivity index (χ0) is 42.1. The van der Waals surface area contributed by atoms with Crippen molar-refractivity contribution in [3.63, 3.8) is 0 Å².